The number of nitriles is 1. The number of hydrogen-bond donors (Lipinski definition) is 0. The number of ether oxygens (including phenoxy) is 2. The van der Waals surface area contributed by atoms with Crippen LogP contribution < -0.4 is 9.47 Å². The predicted molar refractivity (Wildman–Crippen MR) is 66.4 cm³/mol. The van der Waals surface area contributed by atoms with Crippen molar-refractivity contribution in [2.45, 2.75) is 6.61 Å². The van der Waals surface area contributed by atoms with E-state index in [1.165, 1.54) is 0 Å². The summed E-state index contributed by atoms with van der Waals surface area (Å²) in [7, 11) is 1.56. The van der Waals surface area contributed by atoms with Crippen molar-refractivity contribution in [1.29, 1.82) is 5.26 Å². The van der Waals surface area contributed by atoms with E-state index in [0.29, 0.717) is 23.7 Å². The summed E-state index contributed by atoms with van der Waals surface area (Å²) in [5.41, 5.74) is 1.69. The molecular formula is C13H11NO2S. The predicted octanol–water partition coefficient (Wildman–Crippen LogP) is 3.21. The molecule has 0 N–H and O–H groups in total. The molecule has 1 aromatic heterocycles. The van der Waals surface area contributed by atoms with E-state index in [1.807, 2.05) is 16.8 Å². The smallest absolute Gasteiger partial charge is 0.162 e. The second-order valence-electron chi connectivity index (χ2n) is 3.40. The minimum Gasteiger partial charge on any atom is -0.493 e. The zero-order valence-corrected chi connectivity index (χ0v) is 10.2. The second kappa shape index (κ2) is 5.37. The molecular weight excluding hydrogens is 234 g/mol. The maximum atomic E-state index is 8.78. The third kappa shape index (κ3) is 2.77. The quantitative estimate of drug-likeness (QED) is 0.830. The number of benzene rings is 1. The Morgan fingerprint density at radius 1 is 1.29 bits per heavy atom. The van der Waals surface area contributed by atoms with Gasteiger partial charge in [0.1, 0.15) is 6.61 Å². The first-order chi connectivity index (χ1) is 8.33. The average molecular weight is 245 g/mol. The van der Waals surface area contributed by atoms with Gasteiger partial charge in [0.05, 0.1) is 18.7 Å². The molecule has 3 nitrogen and oxygen atoms in total. The molecule has 17 heavy (non-hydrogen) atoms. The molecule has 86 valence electrons. The van der Waals surface area contributed by atoms with Crippen molar-refractivity contribution in [2.75, 3.05) is 7.11 Å². The maximum absolute atomic E-state index is 8.78. The minimum absolute atomic E-state index is 0.506. The Morgan fingerprint density at radius 3 is 2.82 bits per heavy atom. The summed E-state index contributed by atoms with van der Waals surface area (Å²) >= 11 is 1.64. The van der Waals surface area contributed by atoms with Crippen molar-refractivity contribution in [3.63, 3.8) is 0 Å². The Labute approximate surface area is 104 Å². The molecule has 0 unspecified atom stereocenters. The van der Waals surface area contributed by atoms with Gasteiger partial charge in [-0.05, 0) is 34.5 Å². The van der Waals surface area contributed by atoms with E-state index in [1.54, 1.807) is 36.6 Å². The molecule has 2 rings (SSSR count). The highest BCUT2D eigenvalue weighted by Gasteiger charge is 2.06. The molecule has 0 radical (unpaired) electrons. The third-order valence-corrected chi connectivity index (χ3v) is 3.00. The van der Waals surface area contributed by atoms with Gasteiger partial charge in [0, 0.05) is 6.07 Å². The van der Waals surface area contributed by atoms with Crippen LogP contribution in [-0.4, -0.2) is 7.11 Å². The normalized spacial score (nSPS) is 9.65. The van der Waals surface area contributed by atoms with Gasteiger partial charge in [-0.25, -0.2) is 0 Å². The lowest BCUT2D eigenvalue weighted by Crippen LogP contribution is -1.96. The SMILES string of the molecule is COc1cc(C#N)ccc1OCc1ccsc1. The molecule has 4 heteroatoms. The minimum atomic E-state index is 0.506. The van der Waals surface area contributed by atoms with Crippen LogP contribution in [0.4, 0.5) is 0 Å². The fourth-order valence-electron chi connectivity index (χ4n) is 1.39. The number of thiophene rings is 1. The first-order valence-electron chi connectivity index (χ1n) is 5.05. The fourth-order valence-corrected chi connectivity index (χ4v) is 2.05. The molecule has 0 bridgehead atoms. The van der Waals surface area contributed by atoms with Crippen LogP contribution in [0.3, 0.4) is 0 Å². The van der Waals surface area contributed by atoms with Crippen LogP contribution in [0.15, 0.2) is 35.0 Å². The Bertz CT molecular complexity index is 529. The highest BCUT2D eigenvalue weighted by Crippen LogP contribution is 2.28. The average Bonchev–Trinajstić information content (AvgIpc) is 2.89. The first kappa shape index (κ1) is 11.5. The summed E-state index contributed by atoms with van der Waals surface area (Å²) in [6.45, 7) is 0.506. The van der Waals surface area contributed by atoms with E-state index in [-0.39, 0.29) is 0 Å². The number of rotatable bonds is 4. The second-order valence-corrected chi connectivity index (χ2v) is 4.18. The van der Waals surface area contributed by atoms with Crippen LogP contribution in [0.1, 0.15) is 11.1 Å². The van der Waals surface area contributed by atoms with Crippen LogP contribution in [0.25, 0.3) is 0 Å². The molecule has 2 aromatic rings. The van der Waals surface area contributed by atoms with E-state index in [4.69, 9.17) is 14.7 Å². The zero-order valence-electron chi connectivity index (χ0n) is 9.34. The highest BCUT2D eigenvalue weighted by atomic mass is 32.1. The maximum Gasteiger partial charge on any atom is 0.162 e. The van der Waals surface area contributed by atoms with E-state index >= 15 is 0 Å². The molecule has 0 atom stereocenters. The van der Waals surface area contributed by atoms with E-state index in [2.05, 4.69) is 6.07 Å². The van der Waals surface area contributed by atoms with Crippen molar-refractivity contribution in [2.24, 2.45) is 0 Å². The molecule has 1 heterocycles. The van der Waals surface area contributed by atoms with Crippen LogP contribution in [0.5, 0.6) is 11.5 Å². The van der Waals surface area contributed by atoms with Crippen LogP contribution in [-0.2, 0) is 6.61 Å². The lowest BCUT2D eigenvalue weighted by molar-refractivity contribution is 0.285. The van der Waals surface area contributed by atoms with Crippen molar-refractivity contribution in [3.05, 3.63) is 46.2 Å². The molecule has 0 amide bonds. The summed E-state index contributed by atoms with van der Waals surface area (Å²) in [4.78, 5) is 0. The van der Waals surface area contributed by atoms with Gasteiger partial charge in [-0.3, -0.25) is 0 Å². The Morgan fingerprint density at radius 2 is 2.18 bits per heavy atom. The van der Waals surface area contributed by atoms with E-state index in [0.717, 1.165) is 5.56 Å². The van der Waals surface area contributed by atoms with Gasteiger partial charge in [-0.15, -0.1) is 0 Å². The molecule has 0 aliphatic rings. The topological polar surface area (TPSA) is 42.2 Å². The monoisotopic (exact) mass is 245 g/mol. The summed E-state index contributed by atoms with van der Waals surface area (Å²) in [5.74, 6) is 1.23. The van der Waals surface area contributed by atoms with Crippen LogP contribution in [0, 0.1) is 11.3 Å². The fraction of sp³-hybridized carbons (Fsp3) is 0.154. The Hall–Kier alpha value is -1.99. The lowest BCUT2D eigenvalue weighted by Gasteiger charge is -2.09. The number of nitrogens with zero attached hydrogens (tertiary/aromatic N) is 1. The summed E-state index contributed by atoms with van der Waals surface area (Å²) in [6.07, 6.45) is 0. The lowest BCUT2D eigenvalue weighted by atomic mass is 10.2. The highest BCUT2D eigenvalue weighted by molar-refractivity contribution is 7.07. The molecule has 0 aliphatic heterocycles. The molecule has 0 aliphatic carbocycles. The zero-order chi connectivity index (χ0) is 12.1. The number of hydrogen-bond acceptors (Lipinski definition) is 4. The van der Waals surface area contributed by atoms with E-state index in [9.17, 15) is 0 Å². The van der Waals surface area contributed by atoms with Crippen molar-refractivity contribution in [3.8, 4) is 17.6 Å². The van der Waals surface area contributed by atoms with Gasteiger partial charge in [0.15, 0.2) is 11.5 Å². The standard InChI is InChI=1S/C13H11NO2S/c1-15-13-6-10(7-14)2-3-12(13)16-8-11-4-5-17-9-11/h2-6,9H,8H2,1H3. The first-order valence-corrected chi connectivity index (χ1v) is 6.00. The largest absolute Gasteiger partial charge is 0.493 e. The van der Waals surface area contributed by atoms with Crippen molar-refractivity contribution in [1.82, 2.24) is 0 Å². The summed E-state index contributed by atoms with van der Waals surface area (Å²) in [5, 5.41) is 12.8. The summed E-state index contributed by atoms with van der Waals surface area (Å²) < 4.78 is 10.8. The Balaban J connectivity index is 2.13. The molecule has 0 saturated heterocycles. The molecule has 1 aromatic carbocycles. The van der Waals surface area contributed by atoms with Gasteiger partial charge in [0.25, 0.3) is 0 Å². The molecule has 0 saturated carbocycles. The molecule has 0 fully saturated rings. The summed E-state index contributed by atoms with van der Waals surface area (Å²) in [6, 6.07) is 9.22. The van der Waals surface area contributed by atoms with Crippen molar-refractivity contribution < 1.29 is 9.47 Å². The van der Waals surface area contributed by atoms with Gasteiger partial charge in [0.2, 0.25) is 0 Å². The molecule has 0 spiro atoms. The van der Waals surface area contributed by atoms with Crippen molar-refractivity contribution >= 4 is 11.3 Å². The van der Waals surface area contributed by atoms with Gasteiger partial charge in [-0.1, -0.05) is 0 Å². The van der Waals surface area contributed by atoms with Crippen LogP contribution in [0.2, 0.25) is 0 Å². The van der Waals surface area contributed by atoms with Gasteiger partial charge >= 0.3 is 0 Å². The van der Waals surface area contributed by atoms with E-state index < -0.39 is 0 Å². The number of methoxy groups -OCH3 is 1. The third-order valence-electron chi connectivity index (χ3n) is 2.27. The van der Waals surface area contributed by atoms with Gasteiger partial charge in [-0.2, -0.15) is 16.6 Å². The van der Waals surface area contributed by atoms with Crippen LogP contribution >= 0.6 is 11.3 Å². The van der Waals surface area contributed by atoms with Gasteiger partial charge < -0.3 is 9.47 Å². The Kier molecular flexibility index (Phi) is 3.63.